The van der Waals surface area contributed by atoms with E-state index in [0.717, 1.165) is 5.56 Å². The van der Waals surface area contributed by atoms with Crippen molar-refractivity contribution in [2.75, 3.05) is 21.2 Å². The number of allylic oxidation sites excluding steroid dienone is 2. The largest absolute Gasteiger partial charge is 0.633 e. The summed E-state index contributed by atoms with van der Waals surface area (Å²) in [5.41, 5.74) is -0.360. The number of carbonyl (C=O) groups excluding carboxylic acids is 1. The van der Waals surface area contributed by atoms with Gasteiger partial charge in [0.1, 0.15) is 36.7 Å². The zero-order valence-corrected chi connectivity index (χ0v) is 55.4. The van der Waals surface area contributed by atoms with Crippen molar-refractivity contribution in [1.29, 1.82) is 0 Å². The molecular weight excluding hydrogens is 1040 g/mol. The van der Waals surface area contributed by atoms with Crippen LogP contribution in [0.5, 0.6) is 0 Å². The van der Waals surface area contributed by atoms with Gasteiger partial charge in [0.2, 0.25) is 0 Å². The summed E-state index contributed by atoms with van der Waals surface area (Å²) in [7, 11) is -2.73. The van der Waals surface area contributed by atoms with E-state index in [1.807, 2.05) is 63.3 Å². The van der Waals surface area contributed by atoms with Crippen LogP contribution in [0.1, 0.15) is 135 Å². The maximum atomic E-state index is 15.2. The Labute approximate surface area is 474 Å². The number of hydrogen-bond acceptors (Lipinski definition) is 14. The molecule has 0 radical (unpaired) electrons. The minimum Gasteiger partial charge on any atom is -0.633 e. The fourth-order valence-corrected chi connectivity index (χ4v) is 14.4. The molecule has 0 aromatic heterocycles. The molecule has 4 aliphatic rings. The number of quaternary nitrogens is 1. The van der Waals surface area contributed by atoms with Crippen molar-refractivity contribution in [3.63, 3.8) is 0 Å². The van der Waals surface area contributed by atoms with Crippen molar-refractivity contribution in [1.82, 2.24) is 0 Å². The maximum Gasteiger partial charge on any atom is 0.308 e. The van der Waals surface area contributed by atoms with Crippen molar-refractivity contribution >= 4 is 30.9 Å². The average Bonchev–Trinajstić information content (AvgIpc) is 3.39. The van der Waals surface area contributed by atoms with Gasteiger partial charge in [0, 0.05) is 26.4 Å². The molecule has 1 aromatic carbocycles. The Hall–Kier alpha value is -1.70. The third-order valence-corrected chi connectivity index (χ3v) is 31.6. The molecule has 1 N–H and O–H groups in total. The van der Waals surface area contributed by atoms with Gasteiger partial charge in [-0.3, -0.25) is 4.79 Å². The lowest BCUT2D eigenvalue weighted by Gasteiger charge is -2.57. The Morgan fingerprint density at radius 2 is 1.32 bits per heavy atom. The van der Waals surface area contributed by atoms with E-state index in [1.165, 1.54) is 0 Å². The number of carbonyl (C=O) groups is 1. The first-order valence-electron chi connectivity index (χ1n) is 29.0. The van der Waals surface area contributed by atoms with Crippen molar-refractivity contribution in [3.8, 4) is 0 Å². The van der Waals surface area contributed by atoms with Crippen molar-refractivity contribution in [2.24, 2.45) is 11.8 Å². The van der Waals surface area contributed by atoms with E-state index >= 15 is 5.21 Å². The minimum absolute atomic E-state index is 0.0501. The van der Waals surface area contributed by atoms with E-state index < -0.39 is 121 Å². The van der Waals surface area contributed by atoms with Crippen LogP contribution in [0.4, 0.5) is 0 Å². The Balaban J connectivity index is 1.65. The second-order valence-corrected chi connectivity index (χ2v) is 42.8. The predicted octanol–water partition coefficient (Wildman–Crippen LogP) is 12.3. The monoisotopic (exact) mass is 1150 g/mol. The third kappa shape index (κ3) is 17.2. The van der Waals surface area contributed by atoms with Crippen LogP contribution in [0, 0.1) is 17.0 Å². The smallest absolute Gasteiger partial charge is 0.308 e. The van der Waals surface area contributed by atoms with E-state index in [4.69, 9.17) is 51.2 Å². The molecule has 0 spiro atoms. The van der Waals surface area contributed by atoms with Gasteiger partial charge in [0.25, 0.3) is 0 Å². The van der Waals surface area contributed by atoms with Crippen LogP contribution in [-0.2, 0) is 62.6 Å². The number of fused-ring (bicyclic) bond motifs is 3. The van der Waals surface area contributed by atoms with Gasteiger partial charge >= 0.3 is 5.97 Å². The molecule has 78 heavy (non-hydrogen) atoms. The molecule has 5 rings (SSSR count). The van der Waals surface area contributed by atoms with Gasteiger partial charge in [-0.25, -0.2) is 0 Å². The SMILES string of the molecule is CO[C@@H]1[C@@H](O[C@H]2O[C@@H](C)[C@H](O[C@@H]3C[C@](C)(O)[C@H](OCc4ccccc4)[C@@H](C)O3)[C@@H]([N+](C)(C)[O-])[C@@H]2O[Si](C)(C)C(C)(C)C)[C@H]2CC(O[Si](C)(C)C(C)(C)C)O[C@@H]1CC(=O)O[C@H](C)C/C=C/C=C/[C@H](O[Si](C)(C)C(C)(C)C)[C@H](C)C2. The normalized spacial score (nSPS) is 36.7. The van der Waals surface area contributed by atoms with Gasteiger partial charge in [0.05, 0.1) is 63.2 Å². The molecule has 448 valence electrons. The minimum atomic E-state index is -2.76. The standard InChI is InChI=1S/C60H107NO14Si3/c1-39-34-44-35-48(74-77(20,21)58(8,9)10)70-46(36-47(62)67-40(2)30-26-24-29-33-45(39)73-76(18,19)57(5,6)7)53(65-17)52(44)72-56-54(75-78(22,23)59(11,12)13)50(61(15,16)64)51(41(3)69-56)71-49-37-60(14,63)55(42(4)68-49)66-38-43-31-27-25-28-32-43/h24-29,31-33,39-42,44-46,48-56,63H,30,34-38H2,1-23H3/b26-24+,33-29+/t39-,40-,41+,42-,44-,45+,46-,48?,49-,50-,51+,52+,53+,54+,55-,56-,60+/m1/s1. The highest BCUT2D eigenvalue weighted by Crippen LogP contribution is 2.47. The molecule has 18 heteroatoms. The molecule has 3 fully saturated rings. The van der Waals surface area contributed by atoms with Crippen molar-refractivity contribution in [3.05, 3.63) is 65.4 Å². The lowest BCUT2D eigenvalue weighted by molar-refractivity contribution is -0.879. The van der Waals surface area contributed by atoms with Gasteiger partial charge in [-0.15, -0.1) is 0 Å². The summed E-state index contributed by atoms with van der Waals surface area (Å²) in [6.45, 7) is 43.1. The number of hydroxylamine groups is 3. The predicted molar refractivity (Wildman–Crippen MR) is 315 cm³/mol. The zero-order valence-electron chi connectivity index (χ0n) is 52.4. The van der Waals surface area contributed by atoms with E-state index in [1.54, 1.807) is 28.1 Å². The number of likely N-dealkylation sites (N-methyl/N-ethyl adjacent to an activating group) is 1. The number of hydrogen-bond donors (Lipinski definition) is 1. The maximum absolute atomic E-state index is 15.2. The topological polar surface area (TPSA) is 162 Å². The Morgan fingerprint density at radius 3 is 1.88 bits per heavy atom. The Kier molecular flexibility index (Phi) is 22.4. The molecule has 1 unspecified atom stereocenters. The van der Waals surface area contributed by atoms with Gasteiger partial charge in [0.15, 0.2) is 43.6 Å². The summed E-state index contributed by atoms with van der Waals surface area (Å²) in [6.07, 6.45) is -0.0480. The molecular formula is C60H107NO14Si3. The third-order valence-electron chi connectivity index (χ3n) is 18.2. The number of cyclic esters (lactones) is 1. The van der Waals surface area contributed by atoms with Crippen LogP contribution in [0.3, 0.4) is 0 Å². The molecule has 3 saturated heterocycles. The average molecular weight is 1150 g/mol. The number of methoxy groups -OCH3 is 1. The number of ether oxygens (including phenoxy) is 8. The first kappa shape index (κ1) is 67.1. The lowest BCUT2D eigenvalue weighted by atomic mass is 9.83. The van der Waals surface area contributed by atoms with Crippen molar-refractivity contribution < 1.29 is 65.7 Å². The van der Waals surface area contributed by atoms with E-state index in [-0.39, 0.29) is 45.9 Å². The molecule has 15 nitrogen and oxygen atoms in total. The highest BCUT2D eigenvalue weighted by molar-refractivity contribution is 6.75. The summed E-state index contributed by atoms with van der Waals surface area (Å²) in [5.74, 6) is -0.802. The lowest BCUT2D eigenvalue weighted by Crippen LogP contribution is -2.71. The van der Waals surface area contributed by atoms with Gasteiger partial charge in [-0.1, -0.05) is 124 Å². The highest BCUT2D eigenvalue weighted by Gasteiger charge is 2.59. The van der Waals surface area contributed by atoms with Crippen LogP contribution in [0.15, 0.2) is 54.6 Å². The van der Waals surface area contributed by atoms with Crippen LogP contribution in [0.2, 0.25) is 54.4 Å². The number of rotatable bonds is 15. The fraction of sp³-hybridized carbons (Fsp3) is 0.817. The quantitative estimate of drug-likeness (QED) is 0.0764. The van der Waals surface area contributed by atoms with E-state index in [2.05, 4.69) is 121 Å². The second kappa shape index (κ2) is 26.1. The Morgan fingerprint density at radius 1 is 0.731 bits per heavy atom. The fourth-order valence-electron chi connectivity index (χ4n) is 10.6. The molecule has 17 atom stereocenters. The molecule has 2 bridgehead atoms. The highest BCUT2D eigenvalue weighted by atomic mass is 28.4. The van der Waals surface area contributed by atoms with Crippen LogP contribution in [-0.4, -0.2) is 153 Å². The zero-order chi connectivity index (χ0) is 58.8. The molecule has 0 aliphatic carbocycles. The number of benzene rings is 1. The summed E-state index contributed by atoms with van der Waals surface area (Å²) >= 11 is 0. The van der Waals surface area contributed by atoms with Gasteiger partial charge < -0.3 is 66.1 Å². The van der Waals surface area contributed by atoms with Crippen LogP contribution >= 0.6 is 0 Å². The summed E-state index contributed by atoms with van der Waals surface area (Å²) in [6, 6.07) is 8.92. The second-order valence-electron chi connectivity index (χ2n) is 28.5. The molecule has 4 heterocycles. The van der Waals surface area contributed by atoms with Crippen LogP contribution in [0.25, 0.3) is 0 Å². The number of aliphatic hydroxyl groups is 1. The summed E-state index contributed by atoms with van der Waals surface area (Å²) < 4.78 is 75.7. The van der Waals surface area contributed by atoms with Gasteiger partial charge in [-0.05, 0) is 106 Å². The van der Waals surface area contributed by atoms with E-state index in [0.29, 0.717) is 25.9 Å². The van der Waals surface area contributed by atoms with Gasteiger partial charge in [-0.2, -0.15) is 0 Å². The first-order valence-corrected chi connectivity index (χ1v) is 37.7. The van der Waals surface area contributed by atoms with E-state index in [9.17, 15) is 9.90 Å². The van der Waals surface area contributed by atoms with Crippen molar-refractivity contribution in [2.45, 2.75) is 282 Å². The number of nitrogens with zero attached hydrogens (tertiary/aromatic N) is 1. The molecule has 4 aliphatic heterocycles. The molecule has 1 aromatic rings. The Bertz CT molecular complexity index is 2110. The summed E-state index contributed by atoms with van der Waals surface area (Å²) in [5, 5.41) is 26.8. The number of esters is 1. The van der Waals surface area contributed by atoms with Crippen LogP contribution < -0.4 is 0 Å². The first-order chi connectivity index (χ1) is 35.7. The summed E-state index contributed by atoms with van der Waals surface area (Å²) in [4.78, 5) is 14.2. The molecule has 0 saturated carbocycles. The molecule has 0 amide bonds.